The van der Waals surface area contributed by atoms with E-state index in [0.717, 1.165) is 32.1 Å². The number of carbonyl (C=O) groups excluding carboxylic acids is 1. The minimum Gasteiger partial charge on any atom is -0.481 e. The minimum absolute atomic E-state index is 0.0184. The van der Waals surface area contributed by atoms with Crippen molar-refractivity contribution in [3.8, 4) is 0 Å². The fourth-order valence-corrected chi connectivity index (χ4v) is 3.01. The summed E-state index contributed by atoms with van der Waals surface area (Å²) in [5, 5.41) is 18.5. The molecule has 130 valence electrons. The number of hydrogen-bond acceptors (Lipinski definition) is 3. The second-order valence-electron chi connectivity index (χ2n) is 6.36. The van der Waals surface area contributed by atoms with Gasteiger partial charge in [0, 0.05) is 18.8 Å². The molecule has 2 N–H and O–H groups in total. The average Bonchev–Trinajstić information content (AvgIpc) is 2.85. The van der Waals surface area contributed by atoms with Gasteiger partial charge in [0.15, 0.2) is 0 Å². The van der Waals surface area contributed by atoms with Gasteiger partial charge >= 0.3 is 5.97 Å². The van der Waals surface area contributed by atoms with E-state index in [1.165, 1.54) is 0 Å². The van der Waals surface area contributed by atoms with Gasteiger partial charge in [-0.3, -0.25) is 9.59 Å². The van der Waals surface area contributed by atoms with Crippen LogP contribution in [-0.4, -0.2) is 28.1 Å². The van der Waals surface area contributed by atoms with Crippen molar-refractivity contribution in [2.24, 2.45) is 11.8 Å². The molecule has 0 heterocycles. The molecule has 0 amide bonds. The van der Waals surface area contributed by atoms with E-state index in [0.29, 0.717) is 19.3 Å². The number of aliphatic carboxylic acids is 1. The van der Waals surface area contributed by atoms with Crippen LogP contribution < -0.4 is 0 Å². The predicted molar refractivity (Wildman–Crippen MR) is 91.1 cm³/mol. The Kier molecular flexibility index (Phi) is 9.53. The highest BCUT2D eigenvalue weighted by Crippen LogP contribution is 2.33. The van der Waals surface area contributed by atoms with E-state index >= 15 is 0 Å². The minimum atomic E-state index is -0.801. The van der Waals surface area contributed by atoms with Crippen molar-refractivity contribution in [3.63, 3.8) is 0 Å². The second-order valence-corrected chi connectivity index (χ2v) is 6.36. The van der Waals surface area contributed by atoms with Crippen LogP contribution in [-0.2, 0) is 9.59 Å². The number of carboxylic acids is 1. The van der Waals surface area contributed by atoms with Crippen molar-refractivity contribution in [1.82, 2.24) is 0 Å². The van der Waals surface area contributed by atoms with Gasteiger partial charge < -0.3 is 10.2 Å². The summed E-state index contributed by atoms with van der Waals surface area (Å²) in [6.45, 7) is 2.14. The lowest BCUT2D eigenvalue weighted by molar-refractivity contribution is -0.136. The number of aliphatic hydroxyl groups excluding tert-OH is 1. The summed E-state index contributed by atoms with van der Waals surface area (Å²) < 4.78 is 0. The molecule has 0 aliphatic heterocycles. The van der Waals surface area contributed by atoms with Gasteiger partial charge in [-0.15, -0.1) is 0 Å². The van der Waals surface area contributed by atoms with E-state index < -0.39 is 12.1 Å². The molecule has 1 aliphatic rings. The zero-order valence-electron chi connectivity index (χ0n) is 14.1. The highest BCUT2D eigenvalue weighted by molar-refractivity contribution is 5.83. The van der Waals surface area contributed by atoms with E-state index in [-0.39, 0.29) is 24.0 Å². The molecule has 1 saturated carbocycles. The Morgan fingerprint density at radius 2 is 2.13 bits per heavy atom. The third kappa shape index (κ3) is 8.12. The molecule has 3 unspecified atom stereocenters. The molecule has 0 aromatic rings. The monoisotopic (exact) mass is 322 g/mol. The molecule has 0 aromatic carbocycles. The zero-order valence-corrected chi connectivity index (χ0v) is 14.1. The Hall–Kier alpha value is -1.42. The quantitative estimate of drug-likeness (QED) is 0.447. The average molecular weight is 322 g/mol. The Labute approximate surface area is 139 Å². The summed E-state index contributed by atoms with van der Waals surface area (Å²) in [6, 6.07) is 0. The highest BCUT2D eigenvalue weighted by Gasteiger charge is 2.31. The number of carboxylic acid groups (broad SMARTS) is 1. The van der Waals surface area contributed by atoms with Crippen LogP contribution >= 0.6 is 0 Å². The summed E-state index contributed by atoms with van der Waals surface area (Å²) in [5.74, 6) is -0.338. The van der Waals surface area contributed by atoms with Crippen molar-refractivity contribution in [3.05, 3.63) is 24.3 Å². The van der Waals surface area contributed by atoms with Crippen LogP contribution in [0.2, 0.25) is 0 Å². The Bertz CT molecular complexity index is 425. The number of unbranched alkanes of at least 4 members (excludes halogenated alkanes) is 2. The van der Waals surface area contributed by atoms with Gasteiger partial charge in [-0.1, -0.05) is 50.5 Å². The molecule has 0 saturated heterocycles. The van der Waals surface area contributed by atoms with Crippen molar-refractivity contribution in [2.75, 3.05) is 0 Å². The fourth-order valence-electron chi connectivity index (χ4n) is 3.01. The summed E-state index contributed by atoms with van der Waals surface area (Å²) >= 11 is 0. The lowest BCUT2D eigenvalue weighted by Crippen LogP contribution is -2.13. The van der Waals surface area contributed by atoms with E-state index in [1.807, 2.05) is 24.3 Å². The standard InChI is InChI=1S/C19H30O4/c1-2-3-5-8-16(20)13-11-15-12-14-18(21)17(15)9-6-4-7-10-19(22)23/h4,6,11,13,15-17,20H,2-3,5,7-10,12,14H2,1H3,(H,22,23). The number of carbonyl (C=O) groups is 2. The fraction of sp³-hybridized carbons (Fsp3) is 0.684. The molecule has 4 heteroatoms. The van der Waals surface area contributed by atoms with E-state index in [2.05, 4.69) is 6.92 Å². The lowest BCUT2D eigenvalue weighted by Gasteiger charge is -2.13. The van der Waals surface area contributed by atoms with Crippen LogP contribution in [0, 0.1) is 11.8 Å². The number of hydrogen-bond donors (Lipinski definition) is 2. The zero-order chi connectivity index (χ0) is 17.1. The predicted octanol–water partition coefficient (Wildman–Crippen LogP) is 3.89. The highest BCUT2D eigenvalue weighted by atomic mass is 16.4. The third-order valence-electron chi connectivity index (χ3n) is 4.42. The summed E-state index contributed by atoms with van der Waals surface area (Å²) in [7, 11) is 0. The summed E-state index contributed by atoms with van der Waals surface area (Å²) in [6.07, 6.45) is 14.1. The first-order valence-corrected chi connectivity index (χ1v) is 8.80. The number of ketones is 1. The van der Waals surface area contributed by atoms with E-state index in [4.69, 9.17) is 5.11 Å². The van der Waals surface area contributed by atoms with Gasteiger partial charge in [-0.2, -0.15) is 0 Å². The first kappa shape index (κ1) is 19.6. The number of Topliss-reactive ketones (excluding diaryl/α,β-unsaturated/α-hetero) is 1. The van der Waals surface area contributed by atoms with Crippen molar-refractivity contribution >= 4 is 11.8 Å². The summed E-state index contributed by atoms with van der Waals surface area (Å²) in [4.78, 5) is 22.4. The number of rotatable bonds is 11. The van der Waals surface area contributed by atoms with Crippen LogP contribution in [0.5, 0.6) is 0 Å². The van der Waals surface area contributed by atoms with Crippen molar-refractivity contribution < 1.29 is 19.8 Å². The van der Waals surface area contributed by atoms with Crippen LogP contribution in [0.15, 0.2) is 24.3 Å². The van der Waals surface area contributed by atoms with Gasteiger partial charge in [0.2, 0.25) is 0 Å². The van der Waals surface area contributed by atoms with Crippen molar-refractivity contribution in [2.45, 2.75) is 70.8 Å². The van der Waals surface area contributed by atoms with Gasteiger partial charge in [0.1, 0.15) is 5.78 Å². The Morgan fingerprint density at radius 1 is 1.35 bits per heavy atom. The first-order chi connectivity index (χ1) is 11.0. The van der Waals surface area contributed by atoms with Gasteiger partial charge in [-0.25, -0.2) is 0 Å². The smallest absolute Gasteiger partial charge is 0.303 e. The maximum absolute atomic E-state index is 12.0. The molecule has 1 rings (SSSR count). The van der Waals surface area contributed by atoms with Gasteiger partial charge in [-0.05, 0) is 31.6 Å². The first-order valence-electron chi connectivity index (χ1n) is 8.80. The molecule has 4 nitrogen and oxygen atoms in total. The normalized spacial score (nSPS) is 23.1. The molecule has 0 spiro atoms. The second kappa shape index (κ2) is 11.2. The molecule has 3 atom stereocenters. The topological polar surface area (TPSA) is 74.6 Å². The van der Waals surface area contributed by atoms with Crippen molar-refractivity contribution in [1.29, 1.82) is 0 Å². The number of aliphatic hydroxyl groups is 1. The maximum atomic E-state index is 12.0. The molecule has 0 aromatic heterocycles. The molecule has 0 radical (unpaired) electrons. The Morgan fingerprint density at radius 3 is 2.83 bits per heavy atom. The largest absolute Gasteiger partial charge is 0.481 e. The van der Waals surface area contributed by atoms with Crippen LogP contribution in [0.1, 0.15) is 64.7 Å². The molecule has 1 fully saturated rings. The SMILES string of the molecule is CCCCCC(O)C=CC1CCC(=O)C1CC=CCCC(=O)O. The molecule has 0 bridgehead atoms. The van der Waals surface area contributed by atoms with E-state index in [9.17, 15) is 14.7 Å². The molecule has 23 heavy (non-hydrogen) atoms. The Balaban J connectivity index is 2.41. The van der Waals surface area contributed by atoms with Crippen LogP contribution in [0.25, 0.3) is 0 Å². The van der Waals surface area contributed by atoms with Gasteiger partial charge in [0.25, 0.3) is 0 Å². The summed E-state index contributed by atoms with van der Waals surface area (Å²) in [5.41, 5.74) is 0. The molecule has 1 aliphatic carbocycles. The third-order valence-corrected chi connectivity index (χ3v) is 4.42. The maximum Gasteiger partial charge on any atom is 0.303 e. The number of allylic oxidation sites excluding steroid dienone is 3. The molecular formula is C19H30O4. The van der Waals surface area contributed by atoms with E-state index in [1.54, 1.807) is 0 Å². The van der Waals surface area contributed by atoms with Gasteiger partial charge in [0.05, 0.1) is 6.10 Å². The van der Waals surface area contributed by atoms with Crippen LogP contribution in [0.3, 0.4) is 0 Å². The lowest BCUT2D eigenvalue weighted by atomic mass is 9.91. The molecular weight excluding hydrogens is 292 g/mol. The van der Waals surface area contributed by atoms with Crippen LogP contribution in [0.4, 0.5) is 0 Å².